The zero-order valence-electron chi connectivity index (χ0n) is 13.6. The van der Waals surface area contributed by atoms with Crippen molar-refractivity contribution in [3.05, 3.63) is 102 Å². The molecule has 0 bridgehead atoms. The lowest BCUT2D eigenvalue weighted by Gasteiger charge is -2.19. The van der Waals surface area contributed by atoms with Crippen molar-refractivity contribution in [2.45, 2.75) is 12.6 Å². The van der Waals surface area contributed by atoms with Crippen LogP contribution >= 0.6 is 0 Å². The largest absolute Gasteiger partial charge is 0.508 e. The smallest absolute Gasteiger partial charge is 0.408 e. The van der Waals surface area contributed by atoms with Crippen molar-refractivity contribution < 1.29 is 14.6 Å². The summed E-state index contributed by atoms with van der Waals surface area (Å²) in [5.74, 6) is 0.183. The minimum atomic E-state index is -0.495. The van der Waals surface area contributed by atoms with Crippen LogP contribution in [0, 0.1) is 0 Å². The summed E-state index contributed by atoms with van der Waals surface area (Å²) in [6, 6.07) is 25.6. The van der Waals surface area contributed by atoms with Gasteiger partial charge in [0.05, 0.1) is 6.04 Å². The normalized spacial score (nSPS) is 11.5. The molecule has 25 heavy (non-hydrogen) atoms. The average molecular weight is 333 g/mol. The van der Waals surface area contributed by atoms with Gasteiger partial charge in [-0.25, -0.2) is 4.79 Å². The second-order valence-corrected chi connectivity index (χ2v) is 5.64. The zero-order valence-corrected chi connectivity index (χ0v) is 13.6. The summed E-state index contributed by atoms with van der Waals surface area (Å²) < 4.78 is 5.33. The minimum absolute atomic E-state index is 0.183. The van der Waals surface area contributed by atoms with E-state index in [1.165, 1.54) is 0 Å². The van der Waals surface area contributed by atoms with Gasteiger partial charge in [0, 0.05) is 0 Å². The molecule has 0 unspecified atom stereocenters. The summed E-state index contributed by atoms with van der Waals surface area (Å²) >= 11 is 0. The van der Waals surface area contributed by atoms with Gasteiger partial charge in [0.25, 0.3) is 0 Å². The standard InChI is InChI=1S/C21H19NO3/c23-19-13-11-18(12-14-19)20(17-9-5-2-6-10-17)22-21(24)25-15-16-7-3-1-4-8-16/h1-14,20,23H,15H2,(H,22,24)/t20-/m1/s1. The van der Waals surface area contributed by atoms with Crippen LogP contribution in [0.5, 0.6) is 5.75 Å². The molecular formula is C21H19NO3. The molecule has 0 saturated heterocycles. The van der Waals surface area contributed by atoms with E-state index < -0.39 is 6.09 Å². The minimum Gasteiger partial charge on any atom is -0.508 e. The highest BCUT2D eigenvalue weighted by Crippen LogP contribution is 2.24. The number of aromatic hydroxyl groups is 1. The molecule has 0 heterocycles. The molecule has 3 aromatic carbocycles. The number of alkyl carbamates (subject to hydrolysis) is 1. The van der Waals surface area contributed by atoms with Gasteiger partial charge in [0.15, 0.2) is 0 Å². The summed E-state index contributed by atoms with van der Waals surface area (Å²) in [6.07, 6.45) is -0.495. The Morgan fingerprint density at radius 1 is 0.840 bits per heavy atom. The third-order valence-electron chi connectivity index (χ3n) is 3.83. The number of nitrogens with one attached hydrogen (secondary N) is 1. The Labute approximate surface area is 146 Å². The predicted molar refractivity (Wildman–Crippen MR) is 96.2 cm³/mol. The SMILES string of the molecule is O=C(N[C@H](c1ccccc1)c1ccc(O)cc1)OCc1ccccc1. The van der Waals surface area contributed by atoms with Gasteiger partial charge in [-0.1, -0.05) is 72.8 Å². The lowest BCUT2D eigenvalue weighted by Crippen LogP contribution is -2.29. The Bertz CT molecular complexity index is 802. The molecule has 0 aliphatic carbocycles. The number of rotatable bonds is 5. The van der Waals surface area contributed by atoms with Crippen LogP contribution in [-0.4, -0.2) is 11.2 Å². The molecular weight excluding hydrogens is 314 g/mol. The van der Waals surface area contributed by atoms with E-state index in [4.69, 9.17) is 4.74 Å². The van der Waals surface area contributed by atoms with Crippen molar-refractivity contribution in [1.82, 2.24) is 5.32 Å². The van der Waals surface area contributed by atoms with Crippen molar-refractivity contribution in [2.75, 3.05) is 0 Å². The highest BCUT2D eigenvalue weighted by molar-refractivity contribution is 5.68. The maximum Gasteiger partial charge on any atom is 0.408 e. The van der Waals surface area contributed by atoms with E-state index in [1.54, 1.807) is 24.3 Å². The van der Waals surface area contributed by atoms with Gasteiger partial charge in [-0.05, 0) is 28.8 Å². The van der Waals surface area contributed by atoms with Crippen molar-refractivity contribution in [2.24, 2.45) is 0 Å². The lowest BCUT2D eigenvalue weighted by atomic mass is 9.99. The van der Waals surface area contributed by atoms with Crippen LogP contribution < -0.4 is 5.32 Å². The number of hydrogen-bond acceptors (Lipinski definition) is 3. The second kappa shape index (κ2) is 8.02. The molecule has 1 amide bonds. The fraction of sp³-hybridized carbons (Fsp3) is 0.0952. The number of hydrogen-bond donors (Lipinski definition) is 2. The number of ether oxygens (including phenoxy) is 1. The van der Waals surface area contributed by atoms with Crippen LogP contribution in [0.3, 0.4) is 0 Å². The first kappa shape index (κ1) is 16.6. The van der Waals surface area contributed by atoms with Gasteiger partial charge >= 0.3 is 6.09 Å². The number of carbonyl (C=O) groups excluding carboxylic acids is 1. The molecule has 0 fully saturated rings. The zero-order chi connectivity index (χ0) is 17.5. The molecule has 0 aliphatic rings. The fourth-order valence-corrected chi connectivity index (χ4v) is 2.55. The summed E-state index contributed by atoms with van der Waals surface area (Å²) in [7, 11) is 0. The van der Waals surface area contributed by atoms with E-state index in [2.05, 4.69) is 5.32 Å². The predicted octanol–water partition coefficient (Wildman–Crippen LogP) is 4.41. The highest BCUT2D eigenvalue weighted by Gasteiger charge is 2.17. The number of amides is 1. The van der Waals surface area contributed by atoms with Gasteiger partial charge in [-0.3, -0.25) is 0 Å². The van der Waals surface area contributed by atoms with Crippen LogP contribution in [0.15, 0.2) is 84.9 Å². The Hall–Kier alpha value is -3.27. The van der Waals surface area contributed by atoms with Crippen LogP contribution in [-0.2, 0) is 11.3 Å². The molecule has 2 N–H and O–H groups in total. The van der Waals surface area contributed by atoms with Crippen molar-refractivity contribution in [3.63, 3.8) is 0 Å². The summed E-state index contributed by atoms with van der Waals surface area (Å²) in [5.41, 5.74) is 2.73. The quantitative estimate of drug-likeness (QED) is 0.727. The topological polar surface area (TPSA) is 58.6 Å². The molecule has 0 radical (unpaired) electrons. The second-order valence-electron chi connectivity index (χ2n) is 5.64. The number of carbonyl (C=O) groups is 1. The van der Waals surface area contributed by atoms with Gasteiger partial charge in [0.2, 0.25) is 0 Å². The monoisotopic (exact) mass is 333 g/mol. The number of benzene rings is 3. The van der Waals surface area contributed by atoms with Crippen LogP contribution in [0.25, 0.3) is 0 Å². The number of phenols is 1. The molecule has 0 aliphatic heterocycles. The van der Waals surface area contributed by atoms with Crippen LogP contribution in [0.4, 0.5) is 4.79 Å². The summed E-state index contributed by atoms with van der Waals surface area (Å²) in [5, 5.41) is 12.4. The Kier molecular flexibility index (Phi) is 5.32. The first-order valence-electron chi connectivity index (χ1n) is 8.03. The molecule has 3 aromatic rings. The molecule has 126 valence electrons. The third-order valence-corrected chi connectivity index (χ3v) is 3.83. The molecule has 3 rings (SSSR count). The fourth-order valence-electron chi connectivity index (χ4n) is 2.55. The highest BCUT2D eigenvalue weighted by atomic mass is 16.5. The van der Waals surface area contributed by atoms with Crippen LogP contribution in [0.1, 0.15) is 22.7 Å². The van der Waals surface area contributed by atoms with E-state index in [9.17, 15) is 9.90 Å². The van der Waals surface area contributed by atoms with Crippen molar-refractivity contribution in [3.8, 4) is 5.75 Å². The van der Waals surface area contributed by atoms with E-state index in [-0.39, 0.29) is 18.4 Å². The van der Waals surface area contributed by atoms with Crippen LogP contribution in [0.2, 0.25) is 0 Å². The van der Waals surface area contributed by atoms with E-state index in [1.807, 2.05) is 60.7 Å². The maximum atomic E-state index is 12.3. The van der Waals surface area contributed by atoms with E-state index in [0.717, 1.165) is 16.7 Å². The Balaban J connectivity index is 1.73. The molecule has 1 atom stereocenters. The van der Waals surface area contributed by atoms with E-state index in [0.29, 0.717) is 0 Å². The summed E-state index contributed by atoms with van der Waals surface area (Å²) in [4.78, 5) is 12.3. The third kappa shape index (κ3) is 4.61. The average Bonchev–Trinajstić information content (AvgIpc) is 2.67. The molecule has 0 spiro atoms. The van der Waals surface area contributed by atoms with Crippen molar-refractivity contribution in [1.29, 1.82) is 0 Å². The van der Waals surface area contributed by atoms with Gasteiger partial charge < -0.3 is 15.2 Å². The van der Waals surface area contributed by atoms with Gasteiger partial charge in [0.1, 0.15) is 12.4 Å². The molecule has 0 aromatic heterocycles. The Morgan fingerprint density at radius 3 is 2.04 bits per heavy atom. The molecule has 0 saturated carbocycles. The Morgan fingerprint density at radius 2 is 1.40 bits per heavy atom. The van der Waals surface area contributed by atoms with Crippen molar-refractivity contribution >= 4 is 6.09 Å². The molecule has 4 nitrogen and oxygen atoms in total. The van der Waals surface area contributed by atoms with E-state index >= 15 is 0 Å². The lowest BCUT2D eigenvalue weighted by molar-refractivity contribution is 0.137. The maximum absolute atomic E-state index is 12.3. The molecule has 4 heteroatoms. The van der Waals surface area contributed by atoms with Gasteiger partial charge in [-0.15, -0.1) is 0 Å². The number of phenolic OH excluding ortho intramolecular Hbond substituents is 1. The van der Waals surface area contributed by atoms with Gasteiger partial charge in [-0.2, -0.15) is 0 Å². The first-order chi connectivity index (χ1) is 12.2. The first-order valence-corrected chi connectivity index (χ1v) is 8.03. The summed E-state index contributed by atoms with van der Waals surface area (Å²) in [6.45, 7) is 0.212.